The average molecular weight is 743 g/mol. The molecule has 2 aromatic rings. The fourth-order valence-electron chi connectivity index (χ4n) is 7.33. The first-order valence-electron chi connectivity index (χ1n) is 16.1. The summed E-state index contributed by atoms with van der Waals surface area (Å²) < 4.78 is 12.8. The van der Waals surface area contributed by atoms with Crippen LogP contribution in [0.15, 0.2) is 73.8 Å². The molecule has 0 aliphatic carbocycles. The summed E-state index contributed by atoms with van der Waals surface area (Å²) in [6.45, 7) is 9.38. The molecule has 3 saturated heterocycles. The number of anilines is 1. The normalized spacial score (nSPS) is 26.1. The van der Waals surface area contributed by atoms with Gasteiger partial charge in [-0.3, -0.25) is 19.2 Å². The number of fused-ring (bicyclic) bond motifs is 1. The summed E-state index contributed by atoms with van der Waals surface area (Å²) in [5, 5.41) is 12.9. The molecule has 0 radical (unpaired) electrons. The molecule has 2 N–H and O–H groups in total. The Morgan fingerprint density at radius 2 is 1.96 bits per heavy atom. The van der Waals surface area contributed by atoms with Gasteiger partial charge in [0.1, 0.15) is 17.7 Å². The molecule has 10 nitrogen and oxygen atoms in total. The number of carbonyl (C=O) groups excluding carboxylic acids is 4. The van der Waals surface area contributed by atoms with Gasteiger partial charge in [-0.15, -0.1) is 13.2 Å². The Balaban J connectivity index is 1.49. The summed E-state index contributed by atoms with van der Waals surface area (Å²) in [7, 11) is 0. The Kier molecular flexibility index (Phi) is 11.5. The van der Waals surface area contributed by atoms with Crippen molar-refractivity contribution in [2.45, 2.75) is 61.3 Å². The minimum Gasteiger partial charge on any atom is -0.455 e. The quantitative estimate of drug-likeness (QED) is 0.155. The van der Waals surface area contributed by atoms with E-state index in [0.29, 0.717) is 29.1 Å². The Hall–Kier alpha value is -3.51. The van der Waals surface area contributed by atoms with Crippen molar-refractivity contribution < 1.29 is 33.8 Å². The van der Waals surface area contributed by atoms with Crippen LogP contribution in [-0.2, 0) is 28.7 Å². The number of rotatable bonds is 15. The standard InChI is InChI=1S/C36H41BrClN3O7/c1-4-6-16-27(43)39-21-26(23-13-8-7-9-14-23)47-35(46)28-29-33(44)41(18-11-19-42)32(36(29)20-24(37)31(28)48-36)34(45)40(17-5-2)30-22(3)12-10-15-25(30)38/h4-5,7-10,12-15,24,26,28-29,31-32,42H,1-2,6,11,16-21H2,3H3,(H,39,43)/t24?,26-,28+,29-,31+,32+,36-/m1/s1. The molecule has 5 rings (SSSR count). The smallest absolute Gasteiger partial charge is 0.313 e. The summed E-state index contributed by atoms with van der Waals surface area (Å²) in [6, 6.07) is 13.3. The molecule has 1 spiro atoms. The number of esters is 1. The molecule has 1 unspecified atom stereocenters. The maximum Gasteiger partial charge on any atom is 0.313 e. The van der Waals surface area contributed by atoms with Crippen LogP contribution >= 0.6 is 27.5 Å². The largest absolute Gasteiger partial charge is 0.455 e. The van der Waals surface area contributed by atoms with Gasteiger partial charge in [0.2, 0.25) is 11.8 Å². The van der Waals surface area contributed by atoms with Crippen LogP contribution in [0.2, 0.25) is 5.02 Å². The van der Waals surface area contributed by atoms with Crippen LogP contribution < -0.4 is 10.2 Å². The molecule has 7 atom stereocenters. The number of amides is 3. The zero-order chi connectivity index (χ0) is 34.6. The van der Waals surface area contributed by atoms with Gasteiger partial charge >= 0.3 is 5.97 Å². The predicted molar refractivity (Wildman–Crippen MR) is 186 cm³/mol. The lowest BCUT2D eigenvalue weighted by atomic mass is 9.70. The number of aliphatic hydroxyl groups is 1. The summed E-state index contributed by atoms with van der Waals surface area (Å²) in [5.41, 5.74) is 0.591. The number of para-hydroxylation sites is 1. The number of halogens is 2. The maximum atomic E-state index is 14.8. The van der Waals surface area contributed by atoms with Crippen LogP contribution in [0.1, 0.15) is 42.9 Å². The summed E-state index contributed by atoms with van der Waals surface area (Å²) in [5.74, 6) is -3.72. The highest BCUT2D eigenvalue weighted by Gasteiger charge is 2.77. The first kappa shape index (κ1) is 35.8. The topological polar surface area (TPSA) is 125 Å². The molecule has 48 heavy (non-hydrogen) atoms. The second kappa shape index (κ2) is 15.4. The first-order chi connectivity index (χ1) is 23.1. The van der Waals surface area contributed by atoms with Gasteiger partial charge in [0.05, 0.1) is 35.2 Å². The zero-order valence-electron chi connectivity index (χ0n) is 26.9. The van der Waals surface area contributed by atoms with E-state index in [0.717, 1.165) is 5.56 Å². The number of hydrogen-bond donors (Lipinski definition) is 2. The average Bonchev–Trinajstić information content (AvgIpc) is 3.67. The third kappa shape index (κ3) is 6.70. The highest BCUT2D eigenvalue weighted by atomic mass is 79.9. The van der Waals surface area contributed by atoms with Crippen molar-refractivity contribution >= 4 is 56.9 Å². The molecule has 0 saturated carbocycles. The third-order valence-electron chi connectivity index (χ3n) is 9.38. The lowest BCUT2D eigenvalue weighted by Crippen LogP contribution is -2.57. The van der Waals surface area contributed by atoms with E-state index < -0.39 is 53.5 Å². The zero-order valence-corrected chi connectivity index (χ0v) is 29.2. The molecule has 2 bridgehead atoms. The number of benzene rings is 2. The van der Waals surface area contributed by atoms with E-state index in [1.54, 1.807) is 36.4 Å². The number of allylic oxidation sites excluding steroid dienone is 1. The molecular formula is C36H41BrClN3O7. The molecular weight excluding hydrogens is 702 g/mol. The number of nitrogens with one attached hydrogen (secondary N) is 1. The van der Waals surface area contributed by atoms with Crippen molar-refractivity contribution in [3.05, 3.63) is 90.0 Å². The Labute approximate surface area is 294 Å². The van der Waals surface area contributed by atoms with Gasteiger partial charge in [0.25, 0.3) is 5.91 Å². The van der Waals surface area contributed by atoms with Gasteiger partial charge < -0.3 is 29.7 Å². The van der Waals surface area contributed by atoms with Crippen molar-refractivity contribution in [2.75, 3.05) is 31.1 Å². The van der Waals surface area contributed by atoms with Crippen LogP contribution in [0.25, 0.3) is 0 Å². The second-order valence-electron chi connectivity index (χ2n) is 12.4. The minimum absolute atomic E-state index is 0.0307. The van der Waals surface area contributed by atoms with Crippen LogP contribution in [-0.4, -0.2) is 82.5 Å². The van der Waals surface area contributed by atoms with E-state index in [1.165, 1.54) is 9.80 Å². The fraction of sp³-hybridized carbons (Fsp3) is 0.444. The van der Waals surface area contributed by atoms with E-state index in [4.69, 9.17) is 21.1 Å². The number of alkyl halides is 1. The van der Waals surface area contributed by atoms with Gasteiger partial charge in [-0.1, -0.05) is 82.1 Å². The lowest BCUT2D eigenvalue weighted by molar-refractivity contribution is -0.160. The van der Waals surface area contributed by atoms with Crippen LogP contribution in [0.3, 0.4) is 0 Å². The highest BCUT2D eigenvalue weighted by molar-refractivity contribution is 9.09. The SMILES string of the molecule is C=CCCC(=O)NC[C@@H](OC(=O)[C@@H]1[C@H]2O[C@@]3(CC2Br)[C@H](C(=O)N(CC=C)c2c(C)cccc2Cl)N(CCCO)C(=O)[C@@H]13)c1ccccc1. The van der Waals surface area contributed by atoms with Crippen molar-refractivity contribution in [3.8, 4) is 0 Å². The van der Waals surface area contributed by atoms with Gasteiger partial charge in [-0.05, 0) is 43.4 Å². The molecule has 12 heteroatoms. The first-order valence-corrected chi connectivity index (χ1v) is 17.4. The van der Waals surface area contributed by atoms with Gasteiger partial charge in [0.15, 0.2) is 0 Å². The van der Waals surface area contributed by atoms with Crippen LogP contribution in [0.5, 0.6) is 0 Å². The molecule has 256 valence electrons. The monoisotopic (exact) mass is 741 g/mol. The van der Waals surface area contributed by atoms with E-state index in [1.807, 2.05) is 31.2 Å². The van der Waals surface area contributed by atoms with E-state index in [-0.39, 0.29) is 49.8 Å². The van der Waals surface area contributed by atoms with Crippen molar-refractivity contribution in [3.63, 3.8) is 0 Å². The van der Waals surface area contributed by atoms with E-state index in [9.17, 15) is 24.3 Å². The molecule has 0 aromatic heterocycles. The number of aliphatic hydroxyl groups excluding tert-OH is 1. The van der Waals surface area contributed by atoms with Crippen LogP contribution in [0, 0.1) is 18.8 Å². The van der Waals surface area contributed by atoms with Gasteiger partial charge in [0, 0.05) is 30.9 Å². The number of ether oxygens (including phenoxy) is 2. The molecule has 3 aliphatic rings. The number of carbonyl (C=O) groups is 4. The third-order valence-corrected chi connectivity index (χ3v) is 10.5. The molecule has 3 heterocycles. The summed E-state index contributed by atoms with van der Waals surface area (Å²) in [6.07, 6.45) is 2.95. The second-order valence-corrected chi connectivity index (χ2v) is 14.0. The van der Waals surface area contributed by atoms with Crippen molar-refractivity contribution in [1.29, 1.82) is 0 Å². The number of hydrogen-bond acceptors (Lipinski definition) is 7. The summed E-state index contributed by atoms with van der Waals surface area (Å²) in [4.78, 5) is 58.4. The molecule has 2 aromatic carbocycles. The summed E-state index contributed by atoms with van der Waals surface area (Å²) >= 11 is 10.3. The number of likely N-dealkylation sites (tertiary alicyclic amines) is 1. The molecule has 3 amide bonds. The van der Waals surface area contributed by atoms with Crippen molar-refractivity contribution in [2.24, 2.45) is 11.8 Å². The van der Waals surface area contributed by atoms with Crippen molar-refractivity contribution in [1.82, 2.24) is 10.2 Å². The maximum absolute atomic E-state index is 14.8. The molecule has 3 aliphatic heterocycles. The predicted octanol–water partition coefficient (Wildman–Crippen LogP) is 4.66. The Morgan fingerprint density at radius 3 is 2.62 bits per heavy atom. The fourth-order valence-corrected chi connectivity index (χ4v) is 8.60. The number of aryl methyl sites for hydroxylation is 1. The van der Waals surface area contributed by atoms with Gasteiger partial charge in [-0.25, -0.2) is 0 Å². The lowest BCUT2D eigenvalue weighted by Gasteiger charge is -2.37. The minimum atomic E-state index is -1.35. The number of nitrogens with zero attached hydrogens (tertiary/aromatic N) is 2. The van der Waals surface area contributed by atoms with Gasteiger partial charge in [-0.2, -0.15) is 0 Å². The van der Waals surface area contributed by atoms with Crippen LogP contribution in [0.4, 0.5) is 5.69 Å². The van der Waals surface area contributed by atoms with E-state index >= 15 is 0 Å². The Bertz CT molecular complexity index is 1540. The Morgan fingerprint density at radius 1 is 1.21 bits per heavy atom. The van der Waals surface area contributed by atoms with E-state index in [2.05, 4.69) is 34.4 Å². The highest BCUT2D eigenvalue weighted by Crippen LogP contribution is 2.60. The molecule has 3 fully saturated rings.